The van der Waals surface area contributed by atoms with Gasteiger partial charge in [0.05, 0.1) is 12.5 Å². The molecule has 2 heterocycles. The lowest BCUT2D eigenvalue weighted by Crippen LogP contribution is -2.62. The number of carbonyl (C=O) groups excluding carboxylic acids is 13. The Bertz CT molecular complexity index is 4560. The third kappa shape index (κ3) is 35.8. The first-order valence-corrected chi connectivity index (χ1v) is 41.8. The van der Waals surface area contributed by atoms with E-state index in [-0.39, 0.29) is 113 Å². The van der Waals surface area contributed by atoms with Gasteiger partial charge in [0.15, 0.2) is 11.9 Å². The smallest absolute Gasteiger partial charge is 0.326 e. The number of guanidine groups is 2. The molecule has 0 radical (unpaired) electrons. The molecule has 1 aromatic heterocycles. The molecule has 42 nitrogen and oxygen atoms in total. The number of benzene rings is 4. The van der Waals surface area contributed by atoms with Crippen molar-refractivity contribution in [2.75, 3.05) is 31.6 Å². The zero-order chi connectivity index (χ0) is 92.6. The first kappa shape index (κ1) is 102. The summed E-state index contributed by atoms with van der Waals surface area (Å²) in [5, 5.41) is 94.3. The predicted octanol–water partition coefficient (Wildman–Crippen LogP) is -2.48. The molecular formula is C82H115N21O21S. The largest absolute Gasteiger partial charge is 0.508 e. The minimum absolute atomic E-state index is 0.0139. The van der Waals surface area contributed by atoms with E-state index in [2.05, 4.69) is 68.8 Å². The van der Waals surface area contributed by atoms with Crippen LogP contribution in [0.2, 0.25) is 0 Å². The number of aromatic nitrogens is 1. The molecule has 0 unspecified atom stereocenters. The standard InChI is InChI=1S/C80H111N21O19S.C2H4O2/c1-4-43(2)66(76(117)98-57(37-44-13-6-5-7-14-44)71(112)99-61(39-46-22-26-49(103)27-23-46)77(118)101-35-12-19-62(101)75(116)94-56(78(119)120)18-11-34-89-80(86)87)100-74(115)58(38-45-20-24-48(102)25-21-45)96-73(114)60(41-64(83)105)97-70(111)55(32-36-121-3)93-69(110)54(29-31-65(106)107)91-68(109)53(28-30-63(82)104)92-72(113)59(40-47-42-90-52-17-9-8-15-50(47)52)95-67(108)51(81)16-10-33-88-79(84)85;1-2(3)4/h5-9,13-15,17,20-27,42-43,51,53-62,66,90,102-103H,4,10-12,16,18-19,28-41,81H2,1-3H3,(H2,82,104)(H2,83,105)(H,91,109)(H,92,113)(H,93,110)(H,94,116)(H,95,108)(H,96,114)(H,97,111)(H,98,117)(H,99,112)(H,100,115)(H,106,107)(H,119,120)(H4,84,85,88)(H4,86,87,89);1H3,(H,3,4)/t43-,51-,53-,54-,55-,56-,57-,58-,59-,60-,61-,62-,66-;/m0./s1. The number of H-pyrrole nitrogens is 1. The Balaban J connectivity index is 0.00000678. The summed E-state index contributed by atoms with van der Waals surface area (Å²) in [7, 11) is 0. The second-order valence-electron chi connectivity index (χ2n) is 29.9. The normalized spacial score (nSPS) is 15.0. The quantitative estimate of drug-likeness (QED) is 0.0109. The van der Waals surface area contributed by atoms with E-state index in [1.165, 1.54) is 65.2 Å². The number of aromatic amines is 1. The van der Waals surface area contributed by atoms with Gasteiger partial charge in [-0.15, -0.1) is 0 Å². The van der Waals surface area contributed by atoms with Crippen LogP contribution in [0.15, 0.2) is 109 Å². The lowest BCUT2D eigenvalue weighted by molar-refractivity contribution is -0.145. The van der Waals surface area contributed by atoms with Gasteiger partial charge in [0, 0.05) is 82.2 Å². The van der Waals surface area contributed by atoms with Crippen LogP contribution >= 0.6 is 11.8 Å². The fraction of sp³-hybridized carbons (Fsp3) is 0.463. The van der Waals surface area contributed by atoms with Gasteiger partial charge in [-0.2, -0.15) is 11.8 Å². The number of primary amides is 2. The monoisotopic (exact) mass is 1760 g/mol. The van der Waals surface area contributed by atoms with E-state index in [1.54, 1.807) is 80.9 Å². The van der Waals surface area contributed by atoms with Crippen molar-refractivity contribution in [3.63, 3.8) is 0 Å². The number of rotatable bonds is 51. The van der Waals surface area contributed by atoms with Gasteiger partial charge in [-0.3, -0.25) is 82.7 Å². The number of amides is 13. The Hall–Kier alpha value is -13.6. The molecule has 1 aliphatic heterocycles. The Morgan fingerprint density at radius 1 is 0.504 bits per heavy atom. The molecule has 0 aliphatic carbocycles. The van der Waals surface area contributed by atoms with Crippen molar-refractivity contribution >= 4 is 129 Å². The molecule has 1 fully saturated rings. The number of carbonyl (C=O) groups is 16. The Labute approximate surface area is 724 Å². The van der Waals surface area contributed by atoms with Crippen molar-refractivity contribution in [1.29, 1.82) is 10.8 Å². The number of para-hydroxylation sites is 1. The number of carboxylic acid groups (broad SMARTS) is 3. The third-order valence-corrected chi connectivity index (χ3v) is 20.7. The summed E-state index contributed by atoms with van der Waals surface area (Å²) in [5.41, 5.74) is 30.7. The molecule has 1 aliphatic rings. The van der Waals surface area contributed by atoms with Gasteiger partial charge in [0.2, 0.25) is 76.8 Å². The molecule has 6 rings (SSSR count). The van der Waals surface area contributed by atoms with E-state index >= 15 is 14.4 Å². The van der Waals surface area contributed by atoms with Gasteiger partial charge >= 0.3 is 11.9 Å². The van der Waals surface area contributed by atoms with E-state index in [4.69, 9.17) is 49.4 Å². The third-order valence-electron chi connectivity index (χ3n) is 20.1. The van der Waals surface area contributed by atoms with Gasteiger partial charge < -0.3 is 128 Å². The van der Waals surface area contributed by atoms with E-state index in [1.807, 2.05) is 0 Å². The van der Waals surface area contributed by atoms with Crippen LogP contribution in [-0.2, 0) is 102 Å². The molecule has 0 saturated carbocycles. The molecule has 13 atom stereocenters. The Morgan fingerprint density at radius 2 is 0.944 bits per heavy atom. The minimum atomic E-state index is -1.95. The summed E-state index contributed by atoms with van der Waals surface area (Å²) in [4.78, 5) is 224. The number of aliphatic carboxylic acids is 3. The van der Waals surface area contributed by atoms with E-state index in [9.17, 15) is 78.0 Å². The summed E-state index contributed by atoms with van der Waals surface area (Å²) >= 11 is 1.20. The van der Waals surface area contributed by atoms with Gasteiger partial charge in [-0.25, -0.2) is 4.79 Å². The molecule has 30 N–H and O–H groups in total. The number of nitrogens with two attached hydrogens (primary N) is 5. The number of hydrogen-bond donors (Lipinski definition) is 25. The zero-order valence-corrected chi connectivity index (χ0v) is 70.6. The molecule has 0 bridgehead atoms. The van der Waals surface area contributed by atoms with Crippen molar-refractivity contribution in [3.05, 3.63) is 132 Å². The highest BCUT2D eigenvalue weighted by Gasteiger charge is 2.42. The highest BCUT2D eigenvalue weighted by Crippen LogP contribution is 2.24. The molecular weight excluding hydrogens is 1650 g/mol. The van der Waals surface area contributed by atoms with Gasteiger partial charge in [0.25, 0.3) is 5.97 Å². The van der Waals surface area contributed by atoms with Gasteiger partial charge in [0.1, 0.15) is 78.0 Å². The van der Waals surface area contributed by atoms with Crippen LogP contribution < -0.4 is 92.5 Å². The van der Waals surface area contributed by atoms with Gasteiger partial charge in [-0.1, -0.05) is 93.1 Å². The maximum atomic E-state index is 15.1. The van der Waals surface area contributed by atoms with Crippen molar-refractivity contribution in [2.24, 2.45) is 34.6 Å². The summed E-state index contributed by atoms with van der Waals surface area (Å²) in [6, 6.07) is 7.89. The second-order valence-corrected chi connectivity index (χ2v) is 30.9. The van der Waals surface area contributed by atoms with Crippen molar-refractivity contribution in [1.82, 2.24) is 73.7 Å². The SMILES string of the molecule is CC(=O)O.CC[C@H](C)[C@H](NC(=O)[C@H](Cc1ccc(O)cc1)NC(=O)[C@H](CC(N)=O)NC(=O)[C@H](CCSC)NC(=O)[C@H](CCC(=O)O)NC(=O)[C@H](CCC(N)=O)NC(=O)[C@H](Cc1c[nH]c2ccccc12)NC(=O)[C@@H](N)CCCNC(=N)N)C(=O)N[C@@H](Cc1ccccc1)C(=O)N[C@@H](Cc1ccc(O)cc1)C(=O)N1CCC[C@H]1C(=O)N[C@@H](CCCNC(=N)N)C(=O)O. The molecule has 4 aromatic carbocycles. The number of carboxylic acids is 3. The fourth-order valence-electron chi connectivity index (χ4n) is 13.3. The summed E-state index contributed by atoms with van der Waals surface area (Å²) < 4.78 is 0. The van der Waals surface area contributed by atoms with Crippen LogP contribution in [0, 0.1) is 16.7 Å². The van der Waals surface area contributed by atoms with Crippen LogP contribution in [0.4, 0.5) is 0 Å². The zero-order valence-electron chi connectivity index (χ0n) is 69.8. The first-order valence-electron chi connectivity index (χ1n) is 40.4. The lowest BCUT2D eigenvalue weighted by Gasteiger charge is -2.31. The van der Waals surface area contributed by atoms with E-state index in [0.717, 1.165) is 6.92 Å². The minimum Gasteiger partial charge on any atom is -0.508 e. The lowest BCUT2D eigenvalue weighted by atomic mass is 9.96. The van der Waals surface area contributed by atoms with Crippen molar-refractivity contribution < 1.29 is 102 Å². The summed E-state index contributed by atoms with van der Waals surface area (Å²) in [5.74, 6) is -18.2. The average Bonchev–Trinajstić information content (AvgIpc) is 1.73. The number of aromatic hydroxyl groups is 2. The number of nitrogens with one attached hydrogen (secondary N) is 15. The topological polar surface area (TPSA) is 715 Å². The number of nitrogens with zero attached hydrogens (tertiary/aromatic N) is 1. The number of thioether (sulfide) groups is 1. The van der Waals surface area contributed by atoms with Crippen molar-refractivity contribution in [2.45, 2.75) is 202 Å². The highest BCUT2D eigenvalue weighted by atomic mass is 32.2. The Kier molecular flexibility index (Phi) is 42.4. The second kappa shape index (κ2) is 52.0. The molecule has 5 aromatic rings. The first-order chi connectivity index (χ1) is 59.3. The molecule has 1 saturated heterocycles. The molecule has 0 spiro atoms. The summed E-state index contributed by atoms with van der Waals surface area (Å²) in [6.45, 7) is 4.73. The molecule has 43 heteroatoms. The molecule has 125 heavy (non-hydrogen) atoms. The number of fused-ring (bicyclic) bond motifs is 1. The van der Waals surface area contributed by atoms with Crippen LogP contribution in [0.1, 0.15) is 126 Å². The molecule has 13 amide bonds. The van der Waals surface area contributed by atoms with Crippen molar-refractivity contribution in [3.8, 4) is 11.5 Å². The summed E-state index contributed by atoms with van der Waals surface area (Å²) in [6.07, 6.45) is -0.296. The predicted molar refractivity (Wildman–Crippen MR) is 459 cm³/mol. The number of phenols is 2. The maximum absolute atomic E-state index is 15.1. The molecule has 680 valence electrons. The van der Waals surface area contributed by atoms with Crippen LogP contribution in [0.3, 0.4) is 0 Å². The van der Waals surface area contributed by atoms with Crippen LogP contribution in [0.5, 0.6) is 11.5 Å². The highest BCUT2D eigenvalue weighted by molar-refractivity contribution is 7.98. The van der Waals surface area contributed by atoms with Crippen LogP contribution in [0.25, 0.3) is 10.9 Å². The van der Waals surface area contributed by atoms with Gasteiger partial charge in [-0.05, 0) is 128 Å². The number of hydrogen-bond acceptors (Lipinski definition) is 22. The maximum Gasteiger partial charge on any atom is 0.326 e. The number of likely N-dealkylation sites (tertiary alicyclic amines) is 1. The van der Waals surface area contributed by atoms with E-state index in [0.29, 0.717) is 39.6 Å². The Morgan fingerprint density at radius 3 is 1.46 bits per heavy atom. The average molecular weight is 1760 g/mol. The fourth-order valence-corrected chi connectivity index (χ4v) is 13.8. The number of phenolic OH excluding ortho intramolecular Hbond substituents is 2. The van der Waals surface area contributed by atoms with Crippen LogP contribution in [-0.4, -0.2) is 246 Å². The van der Waals surface area contributed by atoms with E-state index < -0.39 is 212 Å².